The minimum atomic E-state index is -0.755. The SMILES string of the molecule is CC.CC(C)CCCn1cc(CCCC(=O)O)nn1. The van der Waals surface area contributed by atoms with Gasteiger partial charge in [-0.05, 0) is 31.6 Å². The molecule has 1 rings (SSSR count). The highest BCUT2D eigenvalue weighted by Gasteiger charge is 2.03. The summed E-state index contributed by atoms with van der Waals surface area (Å²) in [6.45, 7) is 9.31. The fraction of sp³-hybridized carbons (Fsp3) is 0.786. The second kappa shape index (κ2) is 10.5. The fourth-order valence-electron chi connectivity index (χ4n) is 1.64. The summed E-state index contributed by atoms with van der Waals surface area (Å²) in [6, 6.07) is 0. The van der Waals surface area contributed by atoms with Gasteiger partial charge in [0.1, 0.15) is 0 Å². The van der Waals surface area contributed by atoms with Gasteiger partial charge in [0.05, 0.1) is 5.69 Å². The summed E-state index contributed by atoms with van der Waals surface area (Å²) in [5, 5.41) is 16.6. The molecule has 1 aromatic heterocycles. The van der Waals surface area contributed by atoms with Gasteiger partial charge in [0.2, 0.25) is 0 Å². The lowest BCUT2D eigenvalue weighted by molar-refractivity contribution is -0.137. The van der Waals surface area contributed by atoms with Crippen molar-refractivity contribution in [3.63, 3.8) is 0 Å². The van der Waals surface area contributed by atoms with Gasteiger partial charge in [-0.3, -0.25) is 9.48 Å². The number of aliphatic carboxylic acids is 1. The van der Waals surface area contributed by atoms with E-state index in [0.717, 1.165) is 18.7 Å². The normalized spacial score (nSPS) is 10.2. The van der Waals surface area contributed by atoms with Crippen molar-refractivity contribution < 1.29 is 9.90 Å². The minimum absolute atomic E-state index is 0.195. The molecule has 0 atom stereocenters. The standard InChI is InChI=1S/C12H21N3O2.C2H6/c1-10(2)5-4-8-15-9-11(13-14-15)6-3-7-12(16)17;1-2/h9-10H,3-8H2,1-2H3,(H,16,17);1-2H3. The van der Waals surface area contributed by atoms with Gasteiger partial charge in [-0.2, -0.15) is 0 Å². The zero-order chi connectivity index (χ0) is 14.7. The van der Waals surface area contributed by atoms with Gasteiger partial charge in [-0.15, -0.1) is 5.10 Å². The van der Waals surface area contributed by atoms with E-state index in [1.165, 1.54) is 6.42 Å². The third-order valence-electron chi connectivity index (χ3n) is 2.58. The zero-order valence-corrected chi connectivity index (χ0v) is 12.6. The highest BCUT2D eigenvalue weighted by molar-refractivity contribution is 5.66. The third kappa shape index (κ3) is 9.22. The first kappa shape index (κ1) is 17.6. The maximum atomic E-state index is 10.4. The average molecular weight is 269 g/mol. The van der Waals surface area contributed by atoms with E-state index in [2.05, 4.69) is 24.2 Å². The molecule has 0 aliphatic carbocycles. The van der Waals surface area contributed by atoms with E-state index in [1.807, 2.05) is 24.7 Å². The molecule has 1 N–H and O–H groups in total. The van der Waals surface area contributed by atoms with Crippen LogP contribution in [0.5, 0.6) is 0 Å². The fourth-order valence-corrected chi connectivity index (χ4v) is 1.64. The molecule has 1 aromatic rings. The van der Waals surface area contributed by atoms with Crippen LogP contribution < -0.4 is 0 Å². The van der Waals surface area contributed by atoms with Crippen LogP contribution in [0.15, 0.2) is 6.20 Å². The Bertz CT molecular complexity index is 348. The van der Waals surface area contributed by atoms with Crippen LogP contribution in [0.2, 0.25) is 0 Å². The molecular formula is C14H27N3O2. The van der Waals surface area contributed by atoms with E-state index in [-0.39, 0.29) is 6.42 Å². The van der Waals surface area contributed by atoms with Crippen LogP contribution in [0.1, 0.15) is 59.1 Å². The number of carbonyl (C=O) groups is 1. The maximum absolute atomic E-state index is 10.4. The van der Waals surface area contributed by atoms with Gasteiger partial charge in [-0.1, -0.05) is 32.9 Å². The Labute approximate surface area is 116 Å². The third-order valence-corrected chi connectivity index (χ3v) is 2.58. The van der Waals surface area contributed by atoms with Crippen molar-refractivity contribution >= 4 is 5.97 Å². The molecule has 0 saturated carbocycles. The first-order valence-corrected chi connectivity index (χ1v) is 7.18. The molecule has 0 aliphatic heterocycles. The number of carboxylic acids is 1. The van der Waals surface area contributed by atoms with Gasteiger partial charge in [-0.25, -0.2) is 0 Å². The molecule has 0 fully saturated rings. The average Bonchev–Trinajstić information content (AvgIpc) is 2.79. The molecule has 1 heterocycles. The number of carboxylic acid groups (broad SMARTS) is 1. The largest absolute Gasteiger partial charge is 0.481 e. The molecule has 0 aliphatic rings. The molecule has 5 heteroatoms. The molecule has 0 bridgehead atoms. The molecule has 0 saturated heterocycles. The Morgan fingerprint density at radius 2 is 2.05 bits per heavy atom. The van der Waals surface area contributed by atoms with Gasteiger partial charge in [0.25, 0.3) is 0 Å². The van der Waals surface area contributed by atoms with Crippen LogP contribution in [0.4, 0.5) is 0 Å². The molecule has 0 radical (unpaired) electrons. The van der Waals surface area contributed by atoms with Gasteiger partial charge < -0.3 is 5.11 Å². The van der Waals surface area contributed by atoms with Crippen molar-refractivity contribution in [1.29, 1.82) is 0 Å². The Balaban J connectivity index is 0.00000154. The summed E-state index contributed by atoms with van der Waals surface area (Å²) < 4.78 is 1.85. The predicted molar refractivity (Wildman–Crippen MR) is 76.0 cm³/mol. The quantitative estimate of drug-likeness (QED) is 0.787. The van der Waals surface area contributed by atoms with Crippen molar-refractivity contribution in [3.05, 3.63) is 11.9 Å². The van der Waals surface area contributed by atoms with Crippen LogP contribution in [0.3, 0.4) is 0 Å². The second-order valence-electron chi connectivity index (χ2n) is 4.76. The Morgan fingerprint density at radius 3 is 2.63 bits per heavy atom. The van der Waals surface area contributed by atoms with Crippen LogP contribution in [0.25, 0.3) is 0 Å². The summed E-state index contributed by atoms with van der Waals surface area (Å²) in [5.74, 6) is -0.0390. The molecule has 5 nitrogen and oxygen atoms in total. The van der Waals surface area contributed by atoms with Crippen molar-refractivity contribution in [1.82, 2.24) is 15.0 Å². The van der Waals surface area contributed by atoms with Gasteiger partial charge in [0.15, 0.2) is 0 Å². The number of hydrogen-bond acceptors (Lipinski definition) is 3. The van der Waals surface area contributed by atoms with E-state index in [9.17, 15) is 4.79 Å². The zero-order valence-electron chi connectivity index (χ0n) is 12.6. The first-order chi connectivity index (χ1) is 9.08. The van der Waals surface area contributed by atoms with Crippen molar-refractivity contribution in [3.8, 4) is 0 Å². The molecule has 0 unspecified atom stereocenters. The van der Waals surface area contributed by atoms with Crippen molar-refractivity contribution in [2.75, 3.05) is 0 Å². The monoisotopic (exact) mass is 269 g/mol. The predicted octanol–water partition coefficient (Wildman–Crippen LogP) is 3.15. The maximum Gasteiger partial charge on any atom is 0.303 e. The number of aryl methyl sites for hydroxylation is 2. The van der Waals surface area contributed by atoms with E-state index in [4.69, 9.17) is 5.11 Å². The number of rotatable bonds is 8. The van der Waals surface area contributed by atoms with Gasteiger partial charge in [0, 0.05) is 19.2 Å². The number of nitrogens with zero attached hydrogens (tertiary/aromatic N) is 3. The summed E-state index contributed by atoms with van der Waals surface area (Å²) in [5.41, 5.74) is 0.885. The summed E-state index contributed by atoms with van der Waals surface area (Å²) in [6.07, 6.45) is 5.72. The van der Waals surface area contributed by atoms with E-state index in [0.29, 0.717) is 18.8 Å². The minimum Gasteiger partial charge on any atom is -0.481 e. The molecule has 0 amide bonds. The summed E-state index contributed by atoms with van der Waals surface area (Å²) in [7, 11) is 0. The van der Waals surface area contributed by atoms with Crippen LogP contribution in [0, 0.1) is 5.92 Å². The first-order valence-electron chi connectivity index (χ1n) is 7.18. The van der Waals surface area contributed by atoms with E-state index in [1.54, 1.807) is 0 Å². The molecule has 110 valence electrons. The lowest BCUT2D eigenvalue weighted by Gasteiger charge is -2.03. The van der Waals surface area contributed by atoms with Crippen molar-refractivity contribution in [2.24, 2.45) is 5.92 Å². The Hall–Kier alpha value is -1.39. The van der Waals surface area contributed by atoms with Crippen LogP contribution >= 0.6 is 0 Å². The lowest BCUT2D eigenvalue weighted by Crippen LogP contribution is -2.00. The Morgan fingerprint density at radius 1 is 1.37 bits per heavy atom. The molecule has 0 aromatic carbocycles. The topological polar surface area (TPSA) is 68.0 Å². The number of hydrogen-bond donors (Lipinski definition) is 1. The van der Waals surface area contributed by atoms with Crippen molar-refractivity contribution in [2.45, 2.75) is 66.3 Å². The van der Waals surface area contributed by atoms with Crippen LogP contribution in [-0.2, 0) is 17.8 Å². The Kier molecular flexibility index (Phi) is 9.75. The van der Waals surface area contributed by atoms with E-state index >= 15 is 0 Å². The molecule has 19 heavy (non-hydrogen) atoms. The highest BCUT2D eigenvalue weighted by Crippen LogP contribution is 2.06. The molecule has 0 spiro atoms. The van der Waals surface area contributed by atoms with Gasteiger partial charge >= 0.3 is 5.97 Å². The smallest absolute Gasteiger partial charge is 0.303 e. The molecular weight excluding hydrogens is 242 g/mol. The van der Waals surface area contributed by atoms with Crippen LogP contribution in [-0.4, -0.2) is 26.1 Å². The summed E-state index contributed by atoms with van der Waals surface area (Å²) >= 11 is 0. The van der Waals surface area contributed by atoms with E-state index < -0.39 is 5.97 Å². The highest BCUT2D eigenvalue weighted by atomic mass is 16.4. The lowest BCUT2D eigenvalue weighted by atomic mass is 10.1. The summed E-state index contributed by atoms with van der Waals surface area (Å²) in [4.78, 5) is 10.4. The second-order valence-corrected chi connectivity index (χ2v) is 4.76. The number of aromatic nitrogens is 3.